The zero-order valence-corrected chi connectivity index (χ0v) is 13.2. The van der Waals surface area contributed by atoms with Crippen LogP contribution in [0.3, 0.4) is 0 Å². The molecule has 0 fully saturated rings. The van der Waals surface area contributed by atoms with Crippen molar-refractivity contribution in [3.8, 4) is 0 Å². The van der Waals surface area contributed by atoms with Gasteiger partial charge in [-0.25, -0.2) is 4.98 Å². The average molecular weight is 309 g/mol. The molecule has 0 N–H and O–H groups in total. The molecule has 0 spiro atoms. The SMILES string of the molecule is Cc1nc(CN(C)CCC(=O)c2cccc(Cl)c2)cs1. The Labute approximate surface area is 128 Å². The van der Waals surface area contributed by atoms with Gasteiger partial charge in [0.15, 0.2) is 5.78 Å². The molecule has 0 saturated heterocycles. The van der Waals surface area contributed by atoms with Crippen molar-refractivity contribution in [1.29, 1.82) is 0 Å². The molecule has 20 heavy (non-hydrogen) atoms. The molecule has 0 atom stereocenters. The number of aromatic nitrogens is 1. The summed E-state index contributed by atoms with van der Waals surface area (Å²) >= 11 is 7.54. The molecule has 0 aliphatic heterocycles. The van der Waals surface area contributed by atoms with Crippen LogP contribution < -0.4 is 0 Å². The first-order chi connectivity index (χ1) is 9.54. The maximum atomic E-state index is 12.1. The van der Waals surface area contributed by atoms with Gasteiger partial charge in [-0.15, -0.1) is 11.3 Å². The molecule has 0 aliphatic carbocycles. The number of Topliss-reactive ketones (excluding diaryl/α,β-unsaturated/α-hetero) is 1. The molecular weight excluding hydrogens is 292 g/mol. The quantitative estimate of drug-likeness (QED) is 0.761. The van der Waals surface area contributed by atoms with Crippen LogP contribution in [-0.4, -0.2) is 29.3 Å². The second-order valence-corrected chi connectivity index (χ2v) is 6.28. The lowest BCUT2D eigenvalue weighted by molar-refractivity contribution is 0.0967. The van der Waals surface area contributed by atoms with E-state index in [1.165, 1.54) is 0 Å². The van der Waals surface area contributed by atoms with Crippen LogP contribution >= 0.6 is 22.9 Å². The van der Waals surface area contributed by atoms with Gasteiger partial charge in [0.1, 0.15) is 0 Å². The van der Waals surface area contributed by atoms with Gasteiger partial charge in [-0.05, 0) is 26.1 Å². The summed E-state index contributed by atoms with van der Waals surface area (Å²) in [5.74, 6) is 0.119. The summed E-state index contributed by atoms with van der Waals surface area (Å²) in [6.45, 7) is 3.48. The minimum Gasteiger partial charge on any atom is -0.300 e. The largest absolute Gasteiger partial charge is 0.300 e. The van der Waals surface area contributed by atoms with Gasteiger partial charge in [-0.3, -0.25) is 4.79 Å². The molecule has 3 nitrogen and oxygen atoms in total. The Morgan fingerprint density at radius 1 is 1.45 bits per heavy atom. The van der Waals surface area contributed by atoms with Gasteiger partial charge >= 0.3 is 0 Å². The number of halogens is 1. The minimum atomic E-state index is 0.119. The summed E-state index contributed by atoms with van der Waals surface area (Å²) in [7, 11) is 2.00. The number of rotatable bonds is 6. The average Bonchev–Trinajstić information content (AvgIpc) is 2.81. The van der Waals surface area contributed by atoms with Crippen LogP contribution in [0.2, 0.25) is 5.02 Å². The van der Waals surface area contributed by atoms with E-state index in [-0.39, 0.29) is 5.78 Å². The van der Waals surface area contributed by atoms with Crippen LogP contribution in [0.5, 0.6) is 0 Å². The monoisotopic (exact) mass is 308 g/mol. The fraction of sp³-hybridized carbons (Fsp3) is 0.333. The molecular formula is C15H17ClN2OS. The highest BCUT2D eigenvalue weighted by atomic mass is 35.5. The van der Waals surface area contributed by atoms with E-state index in [4.69, 9.17) is 11.6 Å². The summed E-state index contributed by atoms with van der Waals surface area (Å²) in [5, 5.41) is 3.73. The number of aryl methyl sites for hydroxylation is 1. The molecule has 2 rings (SSSR count). The predicted molar refractivity (Wildman–Crippen MR) is 83.6 cm³/mol. The summed E-state index contributed by atoms with van der Waals surface area (Å²) in [5.41, 5.74) is 1.74. The van der Waals surface area contributed by atoms with Crippen LogP contribution in [0, 0.1) is 6.92 Å². The van der Waals surface area contributed by atoms with Crippen LogP contribution in [0.4, 0.5) is 0 Å². The van der Waals surface area contributed by atoms with Gasteiger partial charge in [0.05, 0.1) is 10.7 Å². The Bertz CT molecular complexity index is 597. The number of carbonyl (C=O) groups is 1. The molecule has 0 radical (unpaired) electrons. The van der Waals surface area contributed by atoms with Crippen molar-refractivity contribution in [3.63, 3.8) is 0 Å². The third kappa shape index (κ3) is 4.40. The topological polar surface area (TPSA) is 33.2 Å². The third-order valence-electron chi connectivity index (χ3n) is 2.97. The maximum absolute atomic E-state index is 12.1. The number of hydrogen-bond acceptors (Lipinski definition) is 4. The normalized spacial score (nSPS) is 11.0. The lowest BCUT2D eigenvalue weighted by Crippen LogP contribution is -2.21. The van der Waals surface area contributed by atoms with E-state index in [1.54, 1.807) is 35.6 Å². The van der Waals surface area contributed by atoms with E-state index in [9.17, 15) is 4.79 Å². The fourth-order valence-corrected chi connectivity index (χ4v) is 2.73. The zero-order valence-electron chi connectivity index (χ0n) is 11.6. The predicted octanol–water partition coefficient (Wildman–Crippen LogP) is 3.81. The van der Waals surface area contributed by atoms with Crippen molar-refractivity contribution in [1.82, 2.24) is 9.88 Å². The molecule has 0 bridgehead atoms. The third-order valence-corrected chi connectivity index (χ3v) is 4.02. The first-order valence-corrected chi connectivity index (χ1v) is 7.68. The smallest absolute Gasteiger partial charge is 0.164 e. The molecule has 1 aromatic heterocycles. The minimum absolute atomic E-state index is 0.119. The molecule has 0 unspecified atom stereocenters. The van der Waals surface area contributed by atoms with E-state index in [2.05, 4.69) is 15.3 Å². The van der Waals surface area contributed by atoms with Crippen molar-refractivity contribution in [3.05, 3.63) is 50.9 Å². The molecule has 5 heteroatoms. The Balaban J connectivity index is 1.84. The van der Waals surface area contributed by atoms with Crippen LogP contribution in [0.25, 0.3) is 0 Å². The van der Waals surface area contributed by atoms with Crippen molar-refractivity contribution in [2.75, 3.05) is 13.6 Å². The van der Waals surface area contributed by atoms with E-state index >= 15 is 0 Å². The van der Waals surface area contributed by atoms with E-state index in [1.807, 2.05) is 14.0 Å². The molecule has 0 saturated carbocycles. The summed E-state index contributed by atoms with van der Waals surface area (Å²) in [6, 6.07) is 7.10. The van der Waals surface area contributed by atoms with E-state index < -0.39 is 0 Å². The highest BCUT2D eigenvalue weighted by Crippen LogP contribution is 2.13. The summed E-state index contributed by atoms with van der Waals surface area (Å²) < 4.78 is 0. The summed E-state index contributed by atoms with van der Waals surface area (Å²) in [4.78, 5) is 18.6. The molecule has 0 amide bonds. The van der Waals surface area contributed by atoms with Crippen LogP contribution in [-0.2, 0) is 6.54 Å². The highest BCUT2D eigenvalue weighted by Gasteiger charge is 2.09. The maximum Gasteiger partial charge on any atom is 0.164 e. The van der Waals surface area contributed by atoms with Gasteiger partial charge in [-0.2, -0.15) is 0 Å². The van der Waals surface area contributed by atoms with Crippen LogP contribution in [0.1, 0.15) is 27.5 Å². The van der Waals surface area contributed by atoms with Crippen molar-refractivity contribution in [2.24, 2.45) is 0 Å². The molecule has 1 heterocycles. The second-order valence-electron chi connectivity index (χ2n) is 4.78. The first kappa shape index (κ1) is 15.2. The summed E-state index contributed by atoms with van der Waals surface area (Å²) in [6.07, 6.45) is 0.486. The number of benzene rings is 1. The van der Waals surface area contributed by atoms with Gasteiger partial charge in [-0.1, -0.05) is 23.7 Å². The first-order valence-electron chi connectivity index (χ1n) is 6.43. The second kappa shape index (κ2) is 6.97. The molecule has 2 aromatic rings. The molecule has 106 valence electrons. The Kier molecular flexibility index (Phi) is 5.29. The Morgan fingerprint density at radius 3 is 2.90 bits per heavy atom. The van der Waals surface area contributed by atoms with Gasteiger partial charge in [0, 0.05) is 35.5 Å². The number of carbonyl (C=O) groups excluding carboxylic acids is 1. The van der Waals surface area contributed by atoms with Crippen molar-refractivity contribution >= 4 is 28.7 Å². The molecule has 1 aromatic carbocycles. The van der Waals surface area contributed by atoms with E-state index in [0.717, 1.165) is 17.2 Å². The highest BCUT2D eigenvalue weighted by molar-refractivity contribution is 7.09. The van der Waals surface area contributed by atoms with Gasteiger partial charge in [0.25, 0.3) is 0 Å². The van der Waals surface area contributed by atoms with Crippen LogP contribution in [0.15, 0.2) is 29.6 Å². The lowest BCUT2D eigenvalue weighted by Gasteiger charge is -2.14. The zero-order chi connectivity index (χ0) is 14.5. The Hall–Kier alpha value is -1.23. The Morgan fingerprint density at radius 2 is 2.25 bits per heavy atom. The molecule has 0 aliphatic rings. The number of nitrogens with zero attached hydrogens (tertiary/aromatic N) is 2. The van der Waals surface area contributed by atoms with Crippen molar-refractivity contribution in [2.45, 2.75) is 19.9 Å². The number of ketones is 1. The van der Waals surface area contributed by atoms with Crippen molar-refractivity contribution < 1.29 is 4.79 Å². The standard InChI is InChI=1S/C15H17ClN2OS/c1-11-17-14(10-20-11)9-18(2)7-6-15(19)12-4-3-5-13(16)8-12/h3-5,8,10H,6-7,9H2,1-2H3. The fourth-order valence-electron chi connectivity index (χ4n) is 1.94. The van der Waals surface area contributed by atoms with Gasteiger partial charge < -0.3 is 4.90 Å². The number of thiazole rings is 1. The number of hydrogen-bond donors (Lipinski definition) is 0. The van der Waals surface area contributed by atoms with Gasteiger partial charge in [0.2, 0.25) is 0 Å². The lowest BCUT2D eigenvalue weighted by atomic mass is 10.1. The van der Waals surface area contributed by atoms with E-state index in [0.29, 0.717) is 23.6 Å².